The van der Waals surface area contributed by atoms with Crippen LogP contribution in [0.1, 0.15) is 0 Å². The summed E-state index contributed by atoms with van der Waals surface area (Å²) in [7, 11) is 0. The number of rotatable bonds is 8. The minimum absolute atomic E-state index is 1.08. The van der Waals surface area contributed by atoms with Gasteiger partial charge in [0, 0.05) is 38.9 Å². The minimum atomic E-state index is 1.08. The van der Waals surface area contributed by atoms with E-state index in [-0.39, 0.29) is 0 Å². The van der Waals surface area contributed by atoms with E-state index in [9.17, 15) is 0 Å². The monoisotopic (exact) mass is 864 g/mol. The fraction of sp³-hybridized carbons (Fsp3) is 0. The average Bonchev–Trinajstić information content (AvgIpc) is 3.77. The van der Waals surface area contributed by atoms with Crippen LogP contribution in [0.2, 0.25) is 0 Å². The Morgan fingerprint density at radius 2 is 0.794 bits per heavy atom. The Kier molecular flexibility index (Phi) is 9.54. The third-order valence-electron chi connectivity index (χ3n) is 13.7. The number of aromatic nitrogens is 1. The topological polar surface area (TPSA) is 8.17 Å². The molecule has 0 radical (unpaired) electrons. The standard InChI is InChI=1S/C66H44N2/c1-4-16-45(17-5-1)53-41-54(46-18-6-2-7-19-46)44-58(43-53)67(56-36-32-47(33-37-56)50-35-38-60-52(40-50)31-30-48-20-10-12-26-59(48)60)57-25-14-22-51(42-57)61-28-15-29-64-65(61)63-39-34-49-21-11-13-27-62(49)66(63)68(64)55-23-8-3-9-24-55/h1-44H. The maximum absolute atomic E-state index is 2.45. The van der Waals surface area contributed by atoms with Gasteiger partial charge in [-0.3, -0.25) is 0 Å². The molecule has 0 aliphatic rings. The summed E-state index contributed by atoms with van der Waals surface area (Å²) in [5, 5.41) is 10.0. The van der Waals surface area contributed by atoms with Gasteiger partial charge in [-0.1, -0.05) is 200 Å². The van der Waals surface area contributed by atoms with Gasteiger partial charge in [0.05, 0.1) is 11.0 Å². The lowest BCUT2D eigenvalue weighted by molar-refractivity contribution is 1.19. The third kappa shape index (κ3) is 6.82. The second kappa shape index (κ2) is 16.5. The van der Waals surface area contributed by atoms with E-state index in [0.29, 0.717) is 0 Å². The van der Waals surface area contributed by atoms with Crippen LogP contribution in [0.25, 0.3) is 104 Å². The van der Waals surface area contributed by atoms with Crippen molar-refractivity contribution in [2.24, 2.45) is 0 Å². The van der Waals surface area contributed by atoms with Crippen LogP contribution in [0, 0.1) is 0 Å². The molecule has 12 aromatic carbocycles. The Morgan fingerprint density at radius 3 is 1.53 bits per heavy atom. The van der Waals surface area contributed by atoms with Crippen LogP contribution in [0.4, 0.5) is 17.1 Å². The van der Waals surface area contributed by atoms with E-state index in [0.717, 1.165) is 39.4 Å². The number of para-hydroxylation sites is 1. The van der Waals surface area contributed by atoms with E-state index < -0.39 is 0 Å². The van der Waals surface area contributed by atoms with E-state index in [1.54, 1.807) is 0 Å². The van der Waals surface area contributed by atoms with E-state index in [1.807, 2.05) is 0 Å². The van der Waals surface area contributed by atoms with Crippen LogP contribution in [-0.2, 0) is 0 Å². The summed E-state index contributed by atoms with van der Waals surface area (Å²) in [6.07, 6.45) is 0. The zero-order chi connectivity index (χ0) is 45.0. The van der Waals surface area contributed by atoms with Gasteiger partial charge in [0.25, 0.3) is 0 Å². The van der Waals surface area contributed by atoms with Crippen LogP contribution in [0.3, 0.4) is 0 Å². The Balaban J connectivity index is 1.00. The van der Waals surface area contributed by atoms with Gasteiger partial charge in [-0.25, -0.2) is 0 Å². The Bertz CT molecular complexity index is 3940. The molecule has 318 valence electrons. The second-order valence-corrected chi connectivity index (χ2v) is 17.7. The van der Waals surface area contributed by atoms with Gasteiger partial charge < -0.3 is 9.47 Å². The first-order chi connectivity index (χ1) is 33.7. The minimum Gasteiger partial charge on any atom is -0.310 e. The molecule has 0 aliphatic carbocycles. The molecule has 13 aromatic rings. The molecule has 0 N–H and O–H groups in total. The molecule has 0 saturated heterocycles. The number of hydrogen-bond donors (Lipinski definition) is 0. The Morgan fingerprint density at radius 1 is 0.265 bits per heavy atom. The summed E-state index contributed by atoms with van der Waals surface area (Å²) in [6, 6.07) is 97.6. The van der Waals surface area contributed by atoms with E-state index in [4.69, 9.17) is 0 Å². The summed E-state index contributed by atoms with van der Waals surface area (Å²) >= 11 is 0. The van der Waals surface area contributed by atoms with E-state index in [2.05, 4.69) is 276 Å². The molecule has 13 rings (SSSR count). The fourth-order valence-corrected chi connectivity index (χ4v) is 10.5. The highest BCUT2D eigenvalue weighted by Crippen LogP contribution is 2.45. The predicted molar refractivity (Wildman–Crippen MR) is 290 cm³/mol. The van der Waals surface area contributed by atoms with Crippen molar-refractivity contribution >= 4 is 71.2 Å². The number of hydrogen-bond acceptors (Lipinski definition) is 1. The first-order valence-electron chi connectivity index (χ1n) is 23.4. The number of anilines is 3. The first-order valence-corrected chi connectivity index (χ1v) is 23.4. The average molecular weight is 865 g/mol. The van der Waals surface area contributed by atoms with Crippen LogP contribution < -0.4 is 4.90 Å². The van der Waals surface area contributed by atoms with Crippen molar-refractivity contribution in [2.75, 3.05) is 4.90 Å². The summed E-state index contributed by atoms with van der Waals surface area (Å²) in [5.74, 6) is 0. The molecule has 2 nitrogen and oxygen atoms in total. The number of benzene rings is 12. The largest absolute Gasteiger partial charge is 0.310 e. The summed E-state index contributed by atoms with van der Waals surface area (Å²) in [5.41, 5.74) is 16.2. The van der Waals surface area contributed by atoms with Gasteiger partial charge in [-0.05, 0) is 138 Å². The highest BCUT2D eigenvalue weighted by Gasteiger charge is 2.21. The van der Waals surface area contributed by atoms with Gasteiger partial charge in [-0.15, -0.1) is 0 Å². The van der Waals surface area contributed by atoms with Crippen LogP contribution >= 0.6 is 0 Å². The van der Waals surface area contributed by atoms with Crippen molar-refractivity contribution in [2.45, 2.75) is 0 Å². The van der Waals surface area contributed by atoms with Crippen molar-refractivity contribution in [1.82, 2.24) is 4.57 Å². The normalized spacial score (nSPS) is 11.5. The van der Waals surface area contributed by atoms with E-state index >= 15 is 0 Å². The van der Waals surface area contributed by atoms with Gasteiger partial charge in [0.1, 0.15) is 0 Å². The zero-order valence-electron chi connectivity index (χ0n) is 37.3. The SMILES string of the molecule is c1ccc(-c2cc(-c3ccccc3)cc(N(c3ccc(-c4ccc5c(ccc6ccccc65)c4)cc3)c3cccc(-c4cccc5c4c4ccc6ccccc6c4n5-c4ccccc4)c3)c2)cc1. The van der Waals surface area contributed by atoms with Crippen molar-refractivity contribution < 1.29 is 0 Å². The first kappa shape index (κ1) is 39.4. The number of nitrogens with zero attached hydrogens (tertiary/aromatic N) is 2. The molecule has 0 bridgehead atoms. The van der Waals surface area contributed by atoms with Crippen LogP contribution in [0.5, 0.6) is 0 Å². The lowest BCUT2D eigenvalue weighted by atomic mass is 9.96. The summed E-state index contributed by atoms with van der Waals surface area (Å²) in [6.45, 7) is 0. The molecule has 0 amide bonds. The highest BCUT2D eigenvalue weighted by molar-refractivity contribution is 6.22. The molecule has 0 aliphatic heterocycles. The van der Waals surface area contributed by atoms with Crippen molar-refractivity contribution in [3.63, 3.8) is 0 Å². The number of fused-ring (bicyclic) bond motifs is 8. The quantitative estimate of drug-likeness (QED) is 0.138. The van der Waals surface area contributed by atoms with Crippen molar-refractivity contribution in [3.05, 3.63) is 267 Å². The third-order valence-corrected chi connectivity index (χ3v) is 13.7. The summed E-state index contributed by atoms with van der Waals surface area (Å²) in [4.78, 5) is 2.43. The lowest BCUT2D eigenvalue weighted by Gasteiger charge is -2.27. The van der Waals surface area contributed by atoms with Crippen molar-refractivity contribution in [3.8, 4) is 50.2 Å². The van der Waals surface area contributed by atoms with Gasteiger partial charge in [-0.2, -0.15) is 0 Å². The van der Waals surface area contributed by atoms with Gasteiger partial charge >= 0.3 is 0 Å². The molecule has 0 saturated carbocycles. The maximum Gasteiger partial charge on any atom is 0.0619 e. The van der Waals surface area contributed by atoms with E-state index in [1.165, 1.54) is 81.9 Å². The highest BCUT2D eigenvalue weighted by atomic mass is 15.1. The smallest absolute Gasteiger partial charge is 0.0619 e. The zero-order valence-corrected chi connectivity index (χ0v) is 37.3. The maximum atomic E-state index is 2.45. The molecule has 0 spiro atoms. The van der Waals surface area contributed by atoms with Crippen LogP contribution in [-0.4, -0.2) is 4.57 Å². The molecule has 1 aromatic heterocycles. The predicted octanol–water partition coefficient (Wildman–Crippen LogP) is 18.4. The van der Waals surface area contributed by atoms with Crippen LogP contribution in [0.15, 0.2) is 267 Å². The molecule has 0 atom stereocenters. The lowest BCUT2D eigenvalue weighted by Crippen LogP contribution is -2.10. The molecule has 68 heavy (non-hydrogen) atoms. The van der Waals surface area contributed by atoms with Gasteiger partial charge in [0.15, 0.2) is 0 Å². The molecule has 0 unspecified atom stereocenters. The molecule has 0 fully saturated rings. The Hall–Kier alpha value is -8.98. The van der Waals surface area contributed by atoms with Gasteiger partial charge in [0.2, 0.25) is 0 Å². The molecular formula is C66H44N2. The summed E-state index contributed by atoms with van der Waals surface area (Å²) < 4.78 is 2.45. The molecular weight excluding hydrogens is 821 g/mol. The molecule has 2 heteroatoms. The fourth-order valence-electron chi connectivity index (χ4n) is 10.5. The molecule has 1 heterocycles. The second-order valence-electron chi connectivity index (χ2n) is 17.7. The Labute approximate surface area is 395 Å². The van der Waals surface area contributed by atoms with Crippen molar-refractivity contribution in [1.29, 1.82) is 0 Å².